The van der Waals surface area contributed by atoms with E-state index in [0.717, 1.165) is 16.9 Å². The molecule has 6 nitrogen and oxygen atoms in total. The maximum Gasteiger partial charge on any atom is 0.228 e. The Morgan fingerprint density at radius 2 is 1.68 bits per heavy atom. The Kier molecular flexibility index (Phi) is 6.00. The van der Waals surface area contributed by atoms with Gasteiger partial charge >= 0.3 is 0 Å². The van der Waals surface area contributed by atoms with Gasteiger partial charge in [0.25, 0.3) is 0 Å². The number of nitrogens with one attached hydrogen (secondary N) is 2. The van der Waals surface area contributed by atoms with Crippen molar-refractivity contribution in [3.05, 3.63) is 47.5 Å². The molecule has 0 heterocycles. The summed E-state index contributed by atoms with van der Waals surface area (Å²) in [5, 5.41) is 5.50. The average molecular weight is 342 g/mol. The molecule has 2 aromatic rings. The Morgan fingerprint density at radius 3 is 2.32 bits per heavy atom. The van der Waals surface area contributed by atoms with Crippen molar-refractivity contribution in [2.24, 2.45) is 0 Å². The Labute approximate surface area is 147 Å². The molecular weight excluding hydrogens is 320 g/mol. The highest BCUT2D eigenvalue weighted by Crippen LogP contribution is 2.28. The van der Waals surface area contributed by atoms with E-state index in [4.69, 9.17) is 9.47 Å². The fraction of sp³-hybridized carbons (Fsp3) is 0.263. The molecule has 6 heteroatoms. The molecule has 0 saturated heterocycles. The van der Waals surface area contributed by atoms with Crippen LogP contribution in [0.25, 0.3) is 0 Å². The molecule has 0 bridgehead atoms. The number of methoxy groups -OCH3 is 2. The SMILES string of the molecule is COc1cc(CC(=O)Nc2cc(NC(C)=O)ccc2OC)ccc1C. The van der Waals surface area contributed by atoms with Gasteiger partial charge in [-0.05, 0) is 42.3 Å². The smallest absolute Gasteiger partial charge is 0.228 e. The highest BCUT2D eigenvalue weighted by Gasteiger charge is 2.11. The quantitative estimate of drug-likeness (QED) is 0.845. The fourth-order valence-electron chi connectivity index (χ4n) is 2.44. The van der Waals surface area contributed by atoms with Crippen molar-refractivity contribution in [3.8, 4) is 11.5 Å². The van der Waals surface area contributed by atoms with Crippen molar-refractivity contribution in [2.75, 3.05) is 24.9 Å². The van der Waals surface area contributed by atoms with Crippen LogP contribution in [-0.2, 0) is 16.0 Å². The summed E-state index contributed by atoms with van der Waals surface area (Å²) in [4.78, 5) is 23.6. The third-order valence-electron chi connectivity index (χ3n) is 3.63. The summed E-state index contributed by atoms with van der Waals surface area (Å²) in [6.45, 7) is 3.37. The summed E-state index contributed by atoms with van der Waals surface area (Å²) in [6, 6.07) is 10.7. The third-order valence-corrected chi connectivity index (χ3v) is 3.63. The molecule has 0 atom stereocenters. The van der Waals surface area contributed by atoms with E-state index >= 15 is 0 Å². The predicted octanol–water partition coefficient (Wildman–Crippen LogP) is 3.15. The van der Waals surface area contributed by atoms with Gasteiger partial charge in [0.05, 0.1) is 26.3 Å². The lowest BCUT2D eigenvalue weighted by Gasteiger charge is -2.13. The summed E-state index contributed by atoms with van der Waals surface area (Å²) in [5.74, 6) is 0.887. The number of hydrogen-bond acceptors (Lipinski definition) is 4. The standard InChI is InChI=1S/C19H22N2O4/c1-12-5-6-14(9-18(12)25-4)10-19(23)21-16-11-15(20-13(2)22)7-8-17(16)24-3/h5-9,11H,10H2,1-4H3,(H,20,22)(H,21,23). The number of anilines is 2. The van der Waals surface area contributed by atoms with Crippen LogP contribution < -0.4 is 20.1 Å². The zero-order valence-corrected chi connectivity index (χ0v) is 14.8. The van der Waals surface area contributed by atoms with Gasteiger partial charge in [0.1, 0.15) is 11.5 Å². The summed E-state index contributed by atoms with van der Waals surface area (Å²) in [7, 11) is 3.12. The van der Waals surface area contributed by atoms with E-state index in [1.54, 1.807) is 25.3 Å². The number of rotatable bonds is 6. The van der Waals surface area contributed by atoms with Crippen molar-refractivity contribution < 1.29 is 19.1 Å². The van der Waals surface area contributed by atoms with Gasteiger partial charge in [-0.15, -0.1) is 0 Å². The van der Waals surface area contributed by atoms with E-state index in [0.29, 0.717) is 17.1 Å². The predicted molar refractivity (Wildman–Crippen MR) is 97.4 cm³/mol. The number of amides is 2. The summed E-state index contributed by atoms with van der Waals surface area (Å²) < 4.78 is 10.5. The van der Waals surface area contributed by atoms with Gasteiger partial charge in [-0.1, -0.05) is 12.1 Å². The zero-order valence-electron chi connectivity index (χ0n) is 14.8. The second-order valence-electron chi connectivity index (χ2n) is 5.63. The lowest BCUT2D eigenvalue weighted by Crippen LogP contribution is -2.15. The first-order valence-electron chi connectivity index (χ1n) is 7.82. The molecule has 2 amide bonds. The van der Waals surface area contributed by atoms with Gasteiger partial charge in [0.2, 0.25) is 11.8 Å². The van der Waals surface area contributed by atoms with Crippen LogP contribution in [0.5, 0.6) is 11.5 Å². The van der Waals surface area contributed by atoms with E-state index in [-0.39, 0.29) is 18.2 Å². The summed E-state index contributed by atoms with van der Waals surface area (Å²) in [5.41, 5.74) is 2.94. The molecule has 2 aromatic carbocycles. The third kappa shape index (κ3) is 4.97. The largest absolute Gasteiger partial charge is 0.496 e. The van der Waals surface area contributed by atoms with Crippen LogP contribution in [0.15, 0.2) is 36.4 Å². The lowest BCUT2D eigenvalue weighted by molar-refractivity contribution is -0.116. The molecule has 0 unspecified atom stereocenters. The topological polar surface area (TPSA) is 76.7 Å². The van der Waals surface area contributed by atoms with Gasteiger partial charge in [-0.3, -0.25) is 9.59 Å². The summed E-state index contributed by atoms with van der Waals surface area (Å²) >= 11 is 0. The summed E-state index contributed by atoms with van der Waals surface area (Å²) in [6.07, 6.45) is 0.199. The first kappa shape index (κ1) is 18.3. The van der Waals surface area contributed by atoms with Gasteiger partial charge in [-0.2, -0.15) is 0 Å². The minimum atomic E-state index is -0.191. The van der Waals surface area contributed by atoms with Gasteiger partial charge in [-0.25, -0.2) is 0 Å². The van der Waals surface area contributed by atoms with E-state index in [9.17, 15) is 9.59 Å². The van der Waals surface area contributed by atoms with Crippen molar-refractivity contribution >= 4 is 23.2 Å². The molecular formula is C19H22N2O4. The van der Waals surface area contributed by atoms with Crippen LogP contribution >= 0.6 is 0 Å². The zero-order chi connectivity index (χ0) is 18.4. The number of benzene rings is 2. The van der Waals surface area contributed by atoms with Crippen molar-refractivity contribution in [1.29, 1.82) is 0 Å². The molecule has 0 aromatic heterocycles. The van der Waals surface area contributed by atoms with Gasteiger partial charge < -0.3 is 20.1 Å². The first-order valence-corrected chi connectivity index (χ1v) is 7.82. The number of ether oxygens (including phenoxy) is 2. The van der Waals surface area contributed by atoms with E-state index in [1.807, 2.05) is 25.1 Å². The molecule has 0 spiro atoms. The van der Waals surface area contributed by atoms with Crippen LogP contribution in [0.1, 0.15) is 18.1 Å². The van der Waals surface area contributed by atoms with Gasteiger partial charge in [0, 0.05) is 12.6 Å². The minimum Gasteiger partial charge on any atom is -0.496 e. The molecule has 0 radical (unpaired) electrons. The maximum atomic E-state index is 12.4. The Bertz CT molecular complexity index is 787. The molecule has 0 saturated carbocycles. The average Bonchev–Trinajstić information content (AvgIpc) is 2.56. The van der Waals surface area contributed by atoms with E-state index in [2.05, 4.69) is 10.6 Å². The van der Waals surface area contributed by atoms with Crippen LogP contribution in [0.3, 0.4) is 0 Å². The highest BCUT2D eigenvalue weighted by atomic mass is 16.5. The molecule has 0 aliphatic carbocycles. The highest BCUT2D eigenvalue weighted by molar-refractivity contribution is 5.95. The molecule has 0 aliphatic heterocycles. The van der Waals surface area contributed by atoms with E-state index in [1.165, 1.54) is 14.0 Å². The second-order valence-corrected chi connectivity index (χ2v) is 5.63. The number of aryl methyl sites for hydroxylation is 1. The molecule has 25 heavy (non-hydrogen) atoms. The monoisotopic (exact) mass is 342 g/mol. The Balaban J connectivity index is 2.15. The van der Waals surface area contributed by atoms with Crippen molar-refractivity contribution in [1.82, 2.24) is 0 Å². The van der Waals surface area contributed by atoms with Crippen molar-refractivity contribution in [3.63, 3.8) is 0 Å². The number of hydrogen-bond donors (Lipinski definition) is 2. The van der Waals surface area contributed by atoms with Crippen LogP contribution in [0.4, 0.5) is 11.4 Å². The second kappa shape index (κ2) is 8.19. The normalized spacial score (nSPS) is 10.1. The Morgan fingerprint density at radius 1 is 0.960 bits per heavy atom. The molecule has 132 valence electrons. The number of carbonyl (C=O) groups is 2. The number of carbonyl (C=O) groups excluding carboxylic acids is 2. The minimum absolute atomic E-state index is 0.186. The molecule has 0 aliphatic rings. The molecule has 2 N–H and O–H groups in total. The maximum absolute atomic E-state index is 12.4. The lowest BCUT2D eigenvalue weighted by atomic mass is 10.1. The van der Waals surface area contributed by atoms with E-state index < -0.39 is 0 Å². The fourth-order valence-corrected chi connectivity index (χ4v) is 2.44. The molecule has 0 fully saturated rings. The van der Waals surface area contributed by atoms with Crippen LogP contribution in [0, 0.1) is 6.92 Å². The molecule has 2 rings (SSSR count). The Hall–Kier alpha value is -3.02. The van der Waals surface area contributed by atoms with Gasteiger partial charge in [0.15, 0.2) is 0 Å². The van der Waals surface area contributed by atoms with Crippen molar-refractivity contribution in [2.45, 2.75) is 20.3 Å². The van der Waals surface area contributed by atoms with Crippen LogP contribution in [-0.4, -0.2) is 26.0 Å². The van der Waals surface area contributed by atoms with Crippen LogP contribution in [0.2, 0.25) is 0 Å². The first-order chi connectivity index (χ1) is 11.9.